The van der Waals surface area contributed by atoms with Crippen molar-refractivity contribution in [2.75, 3.05) is 0 Å². The van der Waals surface area contributed by atoms with Gasteiger partial charge in [-0.25, -0.2) is 4.98 Å². The summed E-state index contributed by atoms with van der Waals surface area (Å²) in [6.45, 7) is 0. The van der Waals surface area contributed by atoms with Crippen molar-refractivity contribution < 1.29 is 4.42 Å². The summed E-state index contributed by atoms with van der Waals surface area (Å²) in [5.41, 5.74) is 9.68. The van der Waals surface area contributed by atoms with Crippen LogP contribution in [0.15, 0.2) is 156 Å². The average Bonchev–Trinajstić information content (AvgIpc) is 3.44. The predicted molar refractivity (Wildman–Crippen MR) is 180 cm³/mol. The van der Waals surface area contributed by atoms with Crippen LogP contribution in [0.4, 0.5) is 0 Å². The van der Waals surface area contributed by atoms with E-state index in [4.69, 9.17) is 9.40 Å². The van der Waals surface area contributed by atoms with Crippen LogP contribution in [0.2, 0.25) is 0 Å². The Bertz CT molecular complexity index is 2490. The topological polar surface area (TPSA) is 26.0 Å². The molecule has 2 heterocycles. The van der Waals surface area contributed by atoms with E-state index in [-0.39, 0.29) is 0 Å². The van der Waals surface area contributed by atoms with Crippen LogP contribution in [0.1, 0.15) is 0 Å². The van der Waals surface area contributed by atoms with Gasteiger partial charge in [0.2, 0.25) is 5.71 Å². The molecule has 9 aromatic rings. The highest BCUT2D eigenvalue weighted by Gasteiger charge is 2.21. The Labute approximate surface area is 248 Å². The van der Waals surface area contributed by atoms with Crippen molar-refractivity contribution in [3.8, 4) is 33.4 Å². The van der Waals surface area contributed by atoms with Crippen molar-refractivity contribution in [3.63, 3.8) is 0 Å². The molecule has 0 aliphatic carbocycles. The van der Waals surface area contributed by atoms with Crippen LogP contribution in [-0.4, -0.2) is 4.98 Å². The molecule has 43 heavy (non-hydrogen) atoms. The Hall–Kier alpha value is -5.73. The van der Waals surface area contributed by atoms with E-state index in [0.717, 1.165) is 38.4 Å². The number of benzene rings is 7. The molecule has 0 unspecified atom stereocenters. The maximum absolute atomic E-state index is 6.33. The lowest BCUT2D eigenvalue weighted by Gasteiger charge is -2.19. The molecule has 0 N–H and O–H groups in total. The second-order valence-electron chi connectivity index (χ2n) is 11.1. The predicted octanol–water partition coefficient (Wildman–Crippen LogP) is 11.4. The molecule has 2 aromatic heterocycles. The normalized spacial score (nSPS) is 11.7. The molecule has 0 radical (unpaired) electrons. The molecule has 0 spiro atoms. The van der Waals surface area contributed by atoms with E-state index in [0.29, 0.717) is 5.71 Å². The minimum atomic E-state index is 0.668. The third-order valence-electron chi connectivity index (χ3n) is 8.66. The Morgan fingerprint density at radius 2 is 0.907 bits per heavy atom. The van der Waals surface area contributed by atoms with Gasteiger partial charge >= 0.3 is 0 Å². The number of furan rings is 1. The Morgan fingerprint density at radius 1 is 0.372 bits per heavy atom. The van der Waals surface area contributed by atoms with E-state index in [1.807, 2.05) is 18.2 Å². The minimum absolute atomic E-state index is 0.668. The van der Waals surface area contributed by atoms with Crippen molar-refractivity contribution in [3.05, 3.63) is 152 Å². The maximum atomic E-state index is 6.33. The first kappa shape index (κ1) is 23.9. The summed E-state index contributed by atoms with van der Waals surface area (Å²) < 4.78 is 6.33. The number of para-hydroxylation sites is 2. The second-order valence-corrected chi connectivity index (χ2v) is 11.1. The van der Waals surface area contributed by atoms with E-state index in [9.17, 15) is 0 Å². The summed E-state index contributed by atoms with van der Waals surface area (Å²) >= 11 is 0. The van der Waals surface area contributed by atoms with E-state index < -0.39 is 0 Å². The van der Waals surface area contributed by atoms with Crippen LogP contribution in [0.25, 0.3) is 87.9 Å². The fraction of sp³-hybridized carbons (Fsp3) is 0. The van der Waals surface area contributed by atoms with Crippen molar-refractivity contribution in [2.24, 2.45) is 0 Å². The Kier molecular flexibility index (Phi) is 5.23. The van der Waals surface area contributed by atoms with Gasteiger partial charge in [0.15, 0.2) is 0 Å². The van der Waals surface area contributed by atoms with E-state index >= 15 is 0 Å². The zero-order chi connectivity index (χ0) is 28.3. The highest BCUT2D eigenvalue weighted by Crippen LogP contribution is 2.46. The molecule has 0 aliphatic rings. The molecule has 2 nitrogen and oxygen atoms in total. The van der Waals surface area contributed by atoms with Gasteiger partial charge in [-0.3, -0.25) is 0 Å². The molecule has 2 heteroatoms. The molecule has 0 aliphatic heterocycles. The number of nitrogens with zero attached hydrogens (tertiary/aromatic N) is 1. The molecule has 0 atom stereocenters. The molecule has 0 saturated carbocycles. The molecular formula is C41H25NO. The SMILES string of the molecule is c1ccc(-c2c3ccccc3c(-c3ccccc3)c3cc(-c4c5ccccc5nc5oc6ccccc6c45)ccc23)cc1. The number of aromatic nitrogens is 1. The Morgan fingerprint density at radius 3 is 1.60 bits per heavy atom. The highest BCUT2D eigenvalue weighted by atomic mass is 16.3. The fourth-order valence-corrected chi connectivity index (χ4v) is 6.84. The van der Waals surface area contributed by atoms with Gasteiger partial charge in [0.1, 0.15) is 5.58 Å². The molecule has 0 bridgehead atoms. The zero-order valence-electron chi connectivity index (χ0n) is 23.3. The lowest BCUT2D eigenvalue weighted by Crippen LogP contribution is -1.92. The van der Waals surface area contributed by atoms with Gasteiger partial charge in [-0.1, -0.05) is 133 Å². The van der Waals surface area contributed by atoms with E-state index in [1.54, 1.807) is 0 Å². The van der Waals surface area contributed by atoms with Gasteiger partial charge in [-0.2, -0.15) is 0 Å². The van der Waals surface area contributed by atoms with Crippen LogP contribution in [-0.2, 0) is 0 Å². The van der Waals surface area contributed by atoms with Crippen molar-refractivity contribution in [1.29, 1.82) is 0 Å². The number of hydrogen-bond donors (Lipinski definition) is 0. The van der Waals surface area contributed by atoms with Crippen LogP contribution in [0.3, 0.4) is 0 Å². The molecule has 9 rings (SSSR count). The molecule has 200 valence electrons. The van der Waals surface area contributed by atoms with Gasteiger partial charge in [-0.15, -0.1) is 0 Å². The maximum Gasteiger partial charge on any atom is 0.228 e. The fourth-order valence-electron chi connectivity index (χ4n) is 6.84. The quantitative estimate of drug-likeness (QED) is 0.206. The summed E-state index contributed by atoms with van der Waals surface area (Å²) in [6, 6.07) is 54.0. The van der Waals surface area contributed by atoms with Crippen LogP contribution < -0.4 is 0 Å². The average molecular weight is 548 g/mol. The van der Waals surface area contributed by atoms with Crippen LogP contribution in [0, 0.1) is 0 Å². The number of pyridine rings is 1. The highest BCUT2D eigenvalue weighted by molar-refractivity contribution is 6.24. The minimum Gasteiger partial charge on any atom is -0.438 e. The van der Waals surface area contributed by atoms with E-state index in [2.05, 4.69) is 133 Å². The molecule has 0 saturated heterocycles. The summed E-state index contributed by atoms with van der Waals surface area (Å²) in [5, 5.41) is 8.21. The van der Waals surface area contributed by atoms with Crippen molar-refractivity contribution in [1.82, 2.24) is 4.98 Å². The molecule has 0 amide bonds. The first-order valence-corrected chi connectivity index (χ1v) is 14.6. The van der Waals surface area contributed by atoms with Gasteiger partial charge in [0, 0.05) is 16.3 Å². The van der Waals surface area contributed by atoms with Gasteiger partial charge < -0.3 is 4.42 Å². The van der Waals surface area contributed by atoms with Gasteiger partial charge in [0.25, 0.3) is 0 Å². The number of fused-ring (bicyclic) bond motifs is 6. The smallest absolute Gasteiger partial charge is 0.228 e. The zero-order valence-corrected chi connectivity index (χ0v) is 23.3. The third kappa shape index (κ3) is 3.63. The largest absolute Gasteiger partial charge is 0.438 e. The van der Waals surface area contributed by atoms with Gasteiger partial charge in [-0.05, 0) is 67.6 Å². The molecule has 7 aromatic carbocycles. The molecule has 0 fully saturated rings. The number of hydrogen-bond acceptors (Lipinski definition) is 2. The van der Waals surface area contributed by atoms with Crippen LogP contribution >= 0.6 is 0 Å². The standard InChI is InChI=1S/C41H25NO/c1-3-13-26(14-4-1)37-29-17-7-8-18-30(29)38(27-15-5-2-6-16-27)34-25-28(23-24-31(34)37)39-32-19-9-11-21-35(32)42-41-40(39)33-20-10-12-22-36(33)43-41/h1-25H. The summed E-state index contributed by atoms with van der Waals surface area (Å²) in [6.07, 6.45) is 0. The van der Waals surface area contributed by atoms with Crippen LogP contribution in [0.5, 0.6) is 0 Å². The van der Waals surface area contributed by atoms with E-state index in [1.165, 1.54) is 43.8 Å². The second kappa shape index (κ2) is 9.40. The lowest BCUT2D eigenvalue weighted by molar-refractivity contribution is 0.656. The van der Waals surface area contributed by atoms with Gasteiger partial charge in [0.05, 0.1) is 10.9 Å². The molecular weight excluding hydrogens is 522 g/mol. The number of rotatable bonds is 3. The van der Waals surface area contributed by atoms with Crippen molar-refractivity contribution in [2.45, 2.75) is 0 Å². The third-order valence-corrected chi connectivity index (χ3v) is 8.66. The lowest BCUT2D eigenvalue weighted by atomic mass is 9.84. The Balaban J connectivity index is 1.48. The van der Waals surface area contributed by atoms with Crippen molar-refractivity contribution >= 4 is 54.5 Å². The monoisotopic (exact) mass is 547 g/mol. The summed E-state index contributed by atoms with van der Waals surface area (Å²) in [7, 11) is 0. The summed E-state index contributed by atoms with van der Waals surface area (Å²) in [4.78, 5) is 4.96. The first-order valence-electron chi connectivity index (χ1n) is 14.6. The first-order chi connectivity index (χ1) is 21.3. The summed E-state index contributed by atoms with van der Waals surface area (Å²) in [5.74, 6) is 0.